The average Bonchev–Trinajstić information content (AvgIpc) is 3.24. The summed E-state index contributed by atoms with van der Waals surface area (Å²) in [5.41, 5.74) is 4.45. The second-order valence-corrected chi connectivity index (χ2v) is 8.91. The number of benzene rings is 2. The number of nitrogens with zero attached hydrogens (tertiary/aromatic N) is 3. The summed E-state index contributed by atoms with van der Waals surface area (Å²) < 4.78 is 7.20. The van der Waals surface area contributed by atoms with Gasteiger partial charge in [0.25, 0.3) is 5.91 Å². The number of aromatic nitrogens is 3. The van der Waals surface area contributed by atoms with Crippen LogP contribution in [0.2, 0.25) is 0 Å². The highest BCUT2D eigenvalue weighted by atomic mass is 16.5. The molecule has 4 rings (SSSR count). The fraction of sp³-hybridized carbons (Fsp3) is 0.269. The van der Waals surface area contributed by atoms with Gasteiger partial charge in [-0.05, 0) is 30.7 Å². The predicted octanol–water partition coefficient (Wildman–Crippen LogP) is 5.19. The first-order valence-corrected chi connectivity index (χ1v) is 10.7. The van der Waals surface area contributed by atoms with Gasteiger partial charge in [-0.2, -0.15) is 5.10 Å². The Morgan fingerprint density at radius 3 is 2.47 bits per heavy atom. The van der Waals surface area contributed by atoms with Crippen LogP contribution in [0.1, 0.15) is 55.5 Å². The van der Waals surface area contributed by atoms with Gasteiger partial charge in [0.1, 0.15) is 11.4 Å². The Labute approximate surface area is 188 Å². The molecule has 6 nitrogen and oxygen atoms in total. The van der Waals surface area contributed by atoms with Crippen molar-refractivity contribution in [3.63, 3.8) is 0 Å². The number of nitrogens with one attached hydrogen (secondary N) is 1. The van der Waals surface area contributed by atoms with Crippen LogP contribution in [0, 0.1) is 0 Å². The minimum Gasteiger partial charge on any atom is -0.497 e. The lowest BCUT2D eigenvalue weighted by atomic mass is 9.93. The number of amides is 1. The first-order valence-electron chi connectivity index (χ1n) is 10.7. The molecule has 4 aromatic rings. The molecule has 32 heavy (non-hydrogen) atoms. The summed E-state index contributed by atoms with van der Waals surface area (Å²) in [6.07, 6.45) is 0. The van der Waals surface area contributed by atoms with Gasteiger partial charge in [-0.25, -0.2) is 9.50 Å². The Morgan fingerprint density at radius 2 is 1.78 bits per heavy atom. The normalized spacial score (nSPS) is 12.5. The standard InChI is InChI=1S/C26H28N4O2/c1-17(18-10-7-6-8-11-18)27-25(31)21-15-22(19-12-9-13-20(14-19)32-5)30-24(28-21)16-23(29-30)26(2,3)4/h6-17H,1-5H3,(H,27,31). The van der Waals surface area contributed by atoms with E-state index in [2.05, 4.69) is 31.1 Å². The number of methoxy groups -OCH3 is 1. The van der Waals surface area contributed by atoms with Gasteiger partial charge in [-0.15, -0.1) is 0 Å². The third-order valence-electron chi connectivity index (χ3n) is 5.44. The van der Waals surface area contributed by atoms with Gasteiger partial charge in [0.2, 0.25) is 0 Å². The van der Waals surface area contributed by atoms with E-state index in [0.717, 1.165) is 28.3 Å². The third kappa shape index (κ3) is 4.35. The predicted molar refractivity (Wildman–Crippen MR) is 126 cm³/mol. The molecule has 1 amide bonds. The Kier molecular flexibility index (Phi) is 5.70. The maximum absolute atomic E-state index is 13.2. The molecule has 1 unspecified atom stereocenters. The van der Waals surface area contributed by atoms with Crippen molar-refractivity contribution < 1.29 is 9.53 Å². The van der Waals surface area contributed by atoms with Crippen molar-refractivity contribution in [3.05, 3.63) is 83.7 Å². The number of hydrogen-bond donors (Lipinski definition) is 1. The molecule has 0 radical (unpaired) electrons. The molecule has 0 aliphatic carbocycles. The average molecular weight is 429 g/mol. The van der Waals surface area contributed by atoms with E-state index >= 15 is 0 Å². The molecule has 2 aromatic heterocycles. The lowest BCUT2D eigenvalue weighted by molar-refractivity contribution is 0.0935. The largest absolute Gasteiger partial charge is 0.497 e. The number of ether oxygens (including phenoxy) is 1. The second kappa shape index (κ2) is 8.46. The van der Waals surface area contributed by atoms with Crippen LogP contribution < -0.4 is 10.1 Å². The van der Waals surface area contributed by atoms with Gasteiger partial charge in [0.05, 0.1) is 24.5 Å². The summed E-state index contributed by atoms with van der Waals surface area (Å²) in [5.74, 6) is 0.505. The first kappa shape index (κ1) is 21.6. The maximum Gasteiger partial charge on any atom is 0.270 e. The molecule has 2 aromatic carbocycles. The van der Waals surface area contributed by atoms with E-state index in [0.29, 0.717) is 11.3 Å². The molecule has 0 aliphatic heterocycles. The summed E-state index contributed by atoms with van der Waals surface area (Å²) in [7, 11) is 1.64. The van der Waals surface area contributed by atoms with Crippen molar-refractivity contribution >= 4 is 11.6 Å². The number of carbonyl (C=O) groups excluding carboxylic acids is 1. The molecule has 164 valence electrons. The molecule has 0 saturated heterocycles. The lowest BCUT2D eigenvalue weighted by Gasteiger charge is -2.15. The fourth-order valence-corrected chi connectivity index (χ4v) is 3.54. The van der Waals surface area contributed by atoms with Crippen LogP contribution in [0.4, 0.5) is 0 Å². The van der Waals surface area contributed by atoms with E-state index in [-0.39, 0.29) is 17.4 Å². The van der Waals surface area contributed by atoms with Gasteiger partial charge < -0.3 is 10.1 Å². The zero-order valence-corrected chi connectivity index (χ0v) is 19.1. The van der Waals surface area contributed by atoms with E-state index in [1.54, 1.807) is 17.7 Å². The van der Waals surface area contributed by atoms with Crippen LogP contribution in [0.25, 0.3) is 16.9 Å². The maximum atomic E-state index is 13.2. The van der Waals surface area contributed by atoms with Crippen molar-refractivity contribution in [2.75, 3.05) is 7.11 Å². The summed E-state index contributed by atoms with van der Waals surface area (Å²) in [5, 5.41) is 7.87. The zero-order valence-electron chi connectivity index (χ0n) is 19.1. The van der Waals surface area contributed by atoms with Crippen molar-refractivity contribution in [3.8, 4) is 17.0 Å². The molecule has 1 N–H and O–H groups in total. The minimum atomic E-state index is -0.230. The summed E-state index contributed by atoms with van der Waals surface area (Å²) >= 11 is 0. The van der Waals surface area contributed by atoms with Crippen LogP contribution in [0.5, 0.6) is 5.75 Å². The minimum absolute atomic E-state index is 0.142. The number of rotatable bonds is 5. The number of hydrogen-bond acceptors (Lipinski definition) is 4. The molecular formula is C26H28N4O2. The monoisotopic (exact) mass is 428 g/mol. The lowest BCUT2D eigenvalue weighted by Crippen LogP contribution is -2.27. The highest BCUT2D eigenvalue weighted by Gasteiger charge is 2.22. The topological polar surface area (TPSA) is 68.5 Å². The van der Waals surface area contributed by atoms with Crippen LogP contribution >= 0.6 is 0 Å². The Hall–Kier alpha value is -3.67. The summed E-state index contributed by atoms with van der Waals surface area (Å²) in [6.45, 7) is 8.28. The van der Waals surface area contributed by atoms with Gasteiger partial charge in [-0.1, -0.05) is 63.2 Å². The molecular weight excluding hydrogens is 400 g/mol. The van der Waals surface area contributed by atoms with Gasteiger partial charge in [-0.3, -0.25) is 4.79 Å². The van der Waals surface area contributed by atoms with E-state index in [1.165, 1.54) is 0 Å². The molecule has 0 spiro atoms. The fourth-order valence-electron chi connectivity index (χ4n) is 3.54. The van der Waals surface area contributed by atoms with E-state index in [1.807, 2.05) is 67.6 Å². The van der Waals surface area contributed by atoms with Gasteiger partial charge >= 0.3 is 0 Å². The van der Waals surface area contributed by atoms with Gasteiger partial charge in [0, 0.05) is 17.0 Å². The van der Waals surface area contributed by atoms with E-state index in [4.69, 9.17) is 9.84 Å². The first-order chi connectivity index (χ1) is 15.3. The van der Waals surface area contributed by atoms with E-state index in [9.17, 15) is 4.79 Å². The SMILES string of the molecule is COc1cccc(-c2cc(C(=O)NC(C)c3ccccc3)nc3cc(C(C)(C)C)nn23)c1. The molecule has 2 heterocycles. The highest BCUT2D eigenvalue weighted by Crippen LogP contribution is 2.28. The third-order valence-corrected chi connectivity index (χ3v) is 5.44. The van der Waals surface area contributed by atoms with Crippen LogP contribution in [0.3, 0.4) is 0 Å². The highest BCUT2D eigenvalue weighted by molar-refractivity contribution is 5.94. The van der Waals surface area contributed by atoms with Gasteiger partial charge in [0.15, 0.2) is 5.65 Å². The number of carbonyl (C=O) groups is 1. The summed E-state index contributed by atoms with van der Waals surface area (Å²) in [6, 6.07) is 21.2. The second-order valence-electron chi connectivity index (χ2n) is 8.91. The zero-order chi connectivity index (χ0) is 22.9. The van der Waals surface area contributed by atoms with Crippen LogP contribution in [0.15, 0.2) is 66.7 Å². The molecule has 1 atom stereocenters. The molecule has 0 fully saturated rings. The van der Waals surface area contributed by atoms with Crippen molar-refractivity contribution in [1.82, 2.24) is 19.9 Å². The van der Waals surface area contributed by atoms with Crippen molar-refractivity contribution in [2.45, 2.75) is 39.2 Å². The van der Waals surface area contributed by atoms with Crippen molar-refractivity contribution in [2.24, 2.45) is 0 Å². The number of fused-ring (bicyclic) bond motifs is 1. The Morgan fingerprint density at radius 1 is 1.03 bits per heavy atom. The molecule has 0 bridgehead atoms. The Bertz CT molecular complexity index is 1260. The van der Waals surface area contributed by atoms with Crippen LogP contribution in [-0.2, 0) is 5.41 Å². The molecule has 0 aliphatic rings. The van der Waals surface area contributed by atoms with E-state index < -0.39 is 0 Å². The van der Waals surface area contributed by atoms with Crippen LogP contribution in [-0.4, -0.2) is 27.6 Å². The Balaban J connectivity index is 1.80. The molecule has 6 heteroatoms. The quantitative estimate of drug-likeness (QED) is 0.475. The van der Waals surface area contributed by atoms with Crippen molar-refractivity contribution in [1.29, 1.82) is 0 Å². The summed E-state index contributed by atoms with van der Waals surface area (Å²) in [4.78, 5) is 17.8. The molecule has 0 saturated carbocycles. The smallest absolute Gasteiger partial charge is 0.270 e.